The lowest BCUT2D eigenvalue weighted by Gasteiger charge is -2.10. The van der Waals surface area contributed by atoms with Crippen molar-refractivity contribution in [3.05, 3.63) is 57.6 Å². The molecule has 2 aromatic rings. The molecule has 1 heterocycles. The van der Waals surface area contributed by atoms with Gasteiger partial charge >= 0.3 is 5.97 Å². The number of esters is 1. The lowest BCUT2D eigenvalue weighted by atomic mass is 10.0. The van der Waals surface area contributed by atoms with Crippen molar-refractivity contribution < 1.29 is 14.6 Å². The normalized spacial score (nSPS) is 12.8. The summed E-state index contributed by atoms with van der Waals surface area (Å²) in [6.45, 7) is 5.18. The number of aliphatic hydroxyl groups is 1. The van der Waals surface area contributed by atoms with Crippen molar-refractivity contribution in [1.82, 2.24) is 10.3 Å². The topological polar surface area (TPSA) is 71.5 Å². The second-order valence-electron chi connectivity index (χ2n) is 6.16. The second-order valence-corrected chi connectivity index (χ2v) is 7.22. The highest BCUT2D eigenvalue weighted by Gasteiger charge is 2.09. The molecular weight excluding hydrogens is 348 g/mol. The van der Waals surface area contributed by atoms with Gasteiger partial charge in [0.05, 0.1) is 17.8 Å². The van der Waals surface area contributed by atoms with Crippen LogP contribution in [0.1, 0.15) is 41.3 Å². The minimum atomic E-state index is -0.552. The van der Waals surface area contributed by atoms with Crippen molar-refractivity contribution in [1.29, 1.82) is 0 Å². The van der Waals surface area contributed by atoms with Crippen LogP contribution >= 0.6 is 11.3 Å². The summed E-state index contributed by atoms with van der Waals surface area (Å²) in [4.78, 5) is 15.6. The average molecular weight is 375 g/mol. The van der Waals surface area contributed by atoms with Gasteiger partial charge in [-0.1, -0.05) is 24.3 Å². The third-order valence-corrected chi connectivity index (χ3v) is 4.87. The Kier molecular flexibility index (Phi) is 7.97. The van der Waals surface area contributed by atoms with E-state index < -0.39 is 6.10 Å². The fourth-order valence-electron chi connectivity index (χ4n) is 2.55. The fourth-order valence-corrected chi connectivity index (χ4v) is 3.21. The largest absolute Gasteiger partial charge is 0.466 e. The van der Waals surface area contributed by atoms with Crippen LogP contribution in [-0.2, 0) is 16.0 Å². The lowest BCUT2D eigenvalue weighted by molar-refractivity contribution is -0.134. The summed E-state index contributed by atoms with van der Waals surface area (Å²) in [6.07, 6.45) is 2.88. The van der Waals surface area contributed by atoms with E-state index in [0.717, 1.165) is 41.2 Å². The van der Waals surface area contributed by atoms with E-state index >= 15 is 0 Å². The number of aryl methyl sites for hydroxylation is 2. The summed E-state index contributed by atoms with van der Waals surface area (Å²) in [5, 5.41) is 16.2. The van der Waals surface area contributed by atoms with Crippen LogP contribution < -0.4 is 5.32 Å². The zero-order valence-corrected chi connectivity index (χ0v) is 16.3. The van der Waals surface area contributed by atoms with Crippen molar-refractivity contribution in [3.63, 3.8) is 0 Å². The molecule has 0 aliphatic carbocycles. The number of nitrogens with zero attached hydrogens (tertiary/aromatic N) is 1. The summed E-state index contributed by atoms with van der Waals surface area (Å²) >= 11 is 1.55. The molecule has 0 fully saturated rings. The fraction of sp³-hybridized carbons (Fsp3) is 0.400. The van der Waals surface area contributed by atoms with E-state index in [9.17, 15) is 9.90 Å². The van der Waals surface area contributed by atoms with Gasteiger partial charge in [0.25, 0.3) is 0 Å². The molecule has 0 amide bonds. The molecule has 1 aromatic carbocycles. The Balaban J connectivity index is 1.71. The number of hydrogen-bond donors (Lipinski definition) is 2. The van der Waals surface area contributed by atoms with Gasteiger partial charge in [0.1, 0.15) is 6.10 Å². The smallest absolute Gasteiger partial charge is 0.330 e. The predicted octanol–water partition coefficient (Wildman–Crippen LogP) is 3.28. The standard InChI is InChI=1S/C20H26N2O3S/c1-14(11-20(24)25-3)17-8-6-16(7-9-17)5-4-10-21-12-19(23)18-13-26-15(2)22-18/h6-9,11,13,19,21,23H,4-5,10,12H2,1-3H3. The summed E-state index contributed by atoms with van der Waals surface area (Å²) in [5.41, 5.74) is 3.89. The van der Waals surface area contributed by atoms with Crippen molar-refractivity contribution in [2.45, 2.75) is 32.8 Å². The molecule has 26 heavy (non-hydrogen) atoms. The molecule has 1 atom stereocenters. The number of ether oxygens (including phenoxy) is 1. The highest BCUT2D eigenvalue weighted by atomic mass is 32.1. The molecule has 0 aliphatic heterocycles. The Morgan fingerprint density at radius 3 is 2.73 bits per heavy atom. The third-order valence-electron chi connectivity index (χ3n) is 4.08. The lowest BCUT2D eigenvalue weighted by Crippen LogP contribution is -2.23. The number of methoxy groups -OCH3 is 1. The van der Waals surface area contributed by atoms with Gasteiger partial charge < -0.3 is 15.2 Å². The van der Waals surface area contributed by atoms with Crippen molar-refractivity contribution >= 4 is 22.9 Å². The Labute approximate surface area is 158 Å². The minimum absolute atomic E-state index is 0.340. The predicted molar refractivity (Wildman–Crippen MR) is 105 cm³/mol. The molecule has 1 unspecified atom stereocenters. The quantitative estimate of drug-likeness (QED) is 0.400. The molecule has 2 rings (SSSR count). The van der Waals surface area contributed by atoms with Gasteiger partial charge in [-0.25, -0.2) is 9.78 Å². The van der Waals surface area contributed by atoms with E-state index in [1.54, 1.807) is 11.3 Å². The summed E-state index contributed by atoms with van der Waals surface area (Å²) in [6, 6.07) is 8.20. The van der Waals surface area contributed by atoms with E-state index in [-0.39, 0.29) is 5.97 Å². The first-order valence-electron chi connectivity index (χ1n) is 8.66. The average Bonchev–Trinajstić information content (AvgIpc) is 3.08. The van der Waals surface area contributed by atoms with Crippen LogP contribution in [0.4, 0.5) is 0 Å². The maximum atomic E-state index is 11.3. The van der Waals surface area contributed by atoms with Gasteiger partial charge in [-0.2, -0.15) is 0 Å². The maximum Gasteiger partial charge on any atom is 0.330 e. The third kappa shape index (κ3) is 6.37. The molecule has 140 valence electrons. The van der Waals surface area contributed by atoms with E-state index in [0.29, 0.717) is 6.54 Å². The molecular formula is C20H26N2O3S. The molecule has 6 heteroatoms. The summed E-state index contributed by atoms with van der Waals surface area (Å²) in [5.74, 6) is -0.340. The van der Waals surface area contributed by atoms with Gasteiger partial charge in [0.2, 0.25) is 0 Å². The van der Waals surface area contributed by atoms with Crippen molar-refractivity contribution in [3.8, 4) is 0 Å². The zero-order chi connectivity index (χ0) is 18.9. The Bertz CT molecular complexity index is 738. The van der Waals surface area contributed by atoms with E-state index in [4.69, 9.17) is 0 Å². The number of nitrogens with one attached hydrogen (secondary N) is 1. The van der Waals surface area contributed by atoms with Gasteiger partial charge in [0.15, 0.2) is 0 Å². The molecule has 0 radical (unpaired) electrons. The Hall–Kier alpha value is -2.02. The van der Waals surface area contributed by atoms with Crippen LogP contribution in [0.3, 0.4) is 0 Å². The number of hydrogen-bond acceptors (Lipinski definition) is 6. The monoisotopic (exact) mass is 374 g/mol. The van der Waals surface area contributed by atoms with Crippen LogP contribution in [0.15, 0.2) is 35.7 Å². The first-order chi connectivity index (χ1) is 12.5. The van der Waals surface area contributed by atoms with Crippen LogP contribution in [0, 0.1) is 6.92 Å². The van der Waals surface area contributed by atoms with Crippen molar-refractivity contribution in [2.24, 2.45) is 0 Å². The number of aliphatic hydroxyl groups excluding tert-OH is 1. The minimum Gasteiger partial charge on any atom is -0.466 e. The van der Waals surface area contributed by atoms with Crippen LogP contribution in [0.5, 0.6) is 0 Å². The second kappa shape index (κ2) is 10.2. The summed E-state index contributed by atoms with van der Waals surface area (Å²) in [7, 11) is 1.38. The molecule has 0 spiro atoms. The summed E-state index contributed by atoms with van der Waals surface area (Å²) < 4.78 is 4.64. The Morgan fingerprint density at radius 1 is 1.38 bits per heavy atom. The SMILES string of the molecule is COC(=O)C=C(C)c1ccc(CCCNCC(O)c2csc(C)n2)cc1. The molecule has 0 saturated carbocycles. The number of allylic oxidation sites excluding steroid dienone is 1. The number of rotatable bonds is 9. The van der Waals surface area contributed by atoms with Gasteiger partial charge in [-0.3, -0.25) is 0 Å². The molecule has 2 N–H and O–H groups in total. The van der Waals surface area contributed by atoms with Gasteiger partial charge in [-0.15, -0.1) is 11.3 Å². The van der Waals surface area contributed by atoms with Crippen molar-refractivity contribution in [2.75, 3.05) is 20.2 Å². The highest BCUT2D eigenvalue weighted by molar-refractivity contribution is 7.09. The van der Waals surface area contributed by atoms with Gasteiger partial charge in [-0.05, 0) is 49.9 Å². The number of aromatic nitrogens is 1. The van der Waals surface area contributed by atoms with Crippen LogP contribution in [0.25, 0.3) is 5.57 Å². The van der Waals surface area contributed by atoms with Crippen LogP contribution in [-0.4, -0.2) is 36.3 Å². The van der Waals surface area contributed by atoms with E-state index in [2.05, 4.69) is 27.2 Å². The molecule has 0 saturated heterocycles. The molecule has 0 aliphatic rings. The first-order valence-corrected chi connectivity index (χ1v) is 9.54. The number of carbonyl (C=O) groups is 1. The molecule has 0 bridgehead atoms. The van der Waals surface area contributed by atoms with E-state index in [1.807, 2.05) is 31.4 Å². The number of thiazole rings is 1. The first kappa shape index (κ1) is 20.3. The maximum absolute atomic E-state index is 11.3. The molecule has 5 nitrogen and oxygen atoms in total. The Morgan fingerprint density at radius 2 is 2.12 bits per heavy atom. The van der Waals surface area contributed by atoms with Gasteiger partial charge in [0, 0.05) is 18.0 Å². The zero-order valence-electron chi connectivity index (χ0n) is 15.5. The molecule has 1 aromatic heterocycles. The van der Waals surface area contributed by atoms with E-state index in [1.165, 1.54) is 18.7 Å². The highest BCUT2D eigenvalue weighted by Crippen LogP contribution is 2.16. The van der Waals surface area contributed by atoms with Crippen LogP contribution in [0.2, 0.25) is 0 Å². The number of carbonyl (C=O) groups excluding carboxylic acids is 1. The number of benzene rings is 1.